The molecular weight excluding hydrogens is 318 g/mol. The van der Waals surface area contributed by atoms with Crippen molar-refractivity contribution in [2.75, 3.05) is 0 Å². The van der Waals surface area contributed by atoms with Gasteiger partial charge in [-0.1, -0.05) is 30.3 Å². The van der Waals surface area contributed by atoms with Gasteiger partial charge in [0.1, 0.15) is 0 Å². The van der Waals surface area contributed by atoms with Crippen LogP contribution >= 0.6 is 15.9 Å². The smallest absolute Gasteiger partial charge is 0.248 e. The number of rotatable bonds is 2. The highest BCUT2D eigenvalue weighted by Gasteiger charge is 2.05. The molecule has 1 nitrogen and oxygen atoms in total. The van der Waals surface area contributed by atoms with Crippen molar-refractivity contribution in [2.45, 2.75) is 6.54 Å². The second-order valence-electron chi connectivity index (χ2n) is 3.14. The maximum Gasteiger partial charge on any atom is 0.248 e. The molecule has 0 N–H and O–H groups in total. The third-order valence-electron chi connectivity index (χ3n) is 2.08. The summed E-state index contributed by atoms with van der Waals surface area (Å²) in [4.78, 5) is 0. The molecule has 78 valence electrons. The Morgan fingerprint density at radius 1 is 0.933 bits per heavy atom. The Bertz CT molecular complexity index is 415. The molecule has 0 fully saturated rings. The lowest BCUT2D eigenvalue weighted by Gasteiger charge is -1.98. The summed E-state index contributed by atoms with van der Waals surface area (Å²) >= 11 is 3.52. The van der Waals surface area contributed by atoms with Crippen molar-refractivity contribution in [3.05, 3.63) is 64.9 Å². The van der Waals surface area contributed by atoms with Gasteiger partial charge in [-0.25, -0.2) is 0 Å². The lowest BCUT2D eigenvalue weighted by Crippen LogP contribution is -3.00. The molecule has 0 unspecified atom stereocenters. The minimum atomic E-state index is 0. The molecule has 2 aromatic rings. The summed E-state index contributed by atoms with van der Waals surface area (Å²) in [6.45, 7) is 0.905. The summed E-state index contributed by atoms with van der Waals surface area (Å²) in [5.41, 5.74) is 1.31. The van der Waals surface area contributed by atoms with E-state index in [0.717, 1.165) is 11.1 Å². The molecule has 1 aromatic heterocycles. The molecule has 0 aliphatic rings. The Labute approximate surface area is 109 Å². The summed E-state index contributed by atoms with van der Waals surface area (Å²) in [5, 5.41) is 0. The molecule has 1 aromatic carbocycles. The number of benzene rings is 1. The van der Waals surface area contributed by atoms with Crippen molar-refractivity contribution in [2.24, 2.45) is 0 Å². The van der Waals surface area contributed by atoms with Gasteiger partial charge in [-0.2, -0.15) is 4.57 Å². The van der Waals surface area contributed by atoms with E-state index in [1.807, 2.05) is 24.3 Å². The number of nitrogens with zero attached hydrogens (tertiary/aromatic N) is 1. The normalized spacial score (nSPS) is 9.40. The Kier molecular flexibility index (Phi) is 4.99. The van der Waals surface area contributed by atoms with Crippen LogP contribution in [0.25, 0.3) is 0 Å². The maximum atomic E-state index is 3.52. The van der Waals surface area contributed by atoms with Gasteiger partial charge in [0.2, 0.25) is 4.60 Å². The van der Waals surface area contributed by atoms with Gasteiger partial charge in [-0.05, 0) is 6.07 Å². The molecule has 0 radical (unpaired) electrons. The summed E-state index contributed by atoms with van der Waals surface area (Å²) in [5.74, 6) is 0. The highest BCUT2D eigenvalue weighted by atomic mass is 79.9. The molecule has 0 atom stereocenters. The fourth-order valence-electron chi connectivity index (χ4n) is 1.36. The van der Waals surface area contributed by atoms with Crippen LogP contribution in [-0.4, -0.2) is 0 Å². The van der Waals surface area contributed by atoms with Gasteiger partial charge in [0.25, 0.3) is 0 Å². The Hall–Kier alpha value is -0.670. The van der Waals surface area contributed by atoms with E-state index in [-0.39, 0.29) is 17.0 Å². The molecule has 0 aliphatic carbocycles. The molecule has 0 aliphatic heterocycles. The van der Waals surface area contributed by atoms with E-state index in [1.165, 1.54) is 5.56 Å². The van der Waals surface area contributed by atoms with Crippen molar-refractivity contribution >= 4 is 15.9 Å². The zero-order chi connectivity index (χ0) is 9.80. The van der Waals surface area contributed by atoms with Crippen LogP contribution in [-0.2, 0) is 6.54 Å². The zero-order valence-corrected chi connectivity index (χ0v) is 11.3. The van der Waals surface area contributed by atoms with Gasteiger partial charge < -0.3 is 17.0 Å². The number of aromatic nitrogens is 1. The van der Waals surface area contributed by atoms with E-state index in [1.54, 1.807) is 0 Å². The predicted octanol–water partition coefficient (Wildman–Crippen LogP) is -0.211. The van der Waals surface area contributed by atoms with Gasteiger partial charge >= 0.3 is 0 Å². The first-order valence-corrected chi connectivity index (χ1v) is 5.33. The standard InChI is InChI=1S/C12H11BrN.BrH/c13-12-8-4-5-9-14(12)10-11-6-2-1-3-7-11;/h1-9H,10H2;1H/q+1;/p-1. The van der Waals surface area contributed by atoms with Crippen LogP contribution in [0, 0.1) is 0 Å². The molecule has 0 bridgehead atoms. The van der Waals surface area contributed by atoms with Crippen LogP contribution in [0.4, 0.5) is 0 Å². The van der Waals surface area contributed by atoms with Gasteiger partial charge in [-0.3, -0.25) is 0 Å². The summed E-state index contributed by atoms with van der Waals surface area (Å²) < 4.78 is 3.26. The van der Waals surface area contributed by atoms with E-state index < -0.39 is 0 Å². The molecule has 15 heavy (non-hydrogen) atoms. The first-order valence-electron chi connectivity index (χ1n) is 4.54. The zero-order valence-electron chi connectivity index (χ0n) is 8.11. The monoisotopic (exact) mass is 327 g/mol. The Morgan fingerprint density at radius 2 is 1.60 bits per heavy atom. The van der Waals surface area contributed by atoms with Crippen LogP contribution in [0.15, 0.2) is 59.3 Å². The van der Waals surface area contributed by atoms with Crippen molar-refractivity contribution in [3.63, 3.8) is 0 Å². The van der Waals surface area contributed by atoms with Crippen molar-refractivity contribution in [1.29, 1.82) is 0 Å². The second-order valence-corrected chi connectivity index (χ2v) is 3.95. The predicted molar refractivity (Wildman–Crippen MR) is 59.9 cm³/mol. The van der Waals surface area contributed by atoms with E-state index in [9.17, 15) is 0 Å². The van der Waals surface area contributed by atoms with E-state index in [4.69, 9.17) is 0 Å². The fourth-order valence-corrected chi connectivity index (χ4v) is 1.76. The molecule has 0 saturated heterocycles. The average molecular weight is 329 g/mol. The molecule has 2 rings (SSSR count). The third-order valence-corrected chi connectivity index (χ3v) is 2.80. The number of halogens is 2. The first-order chi connectivity index (χ1) is 6.86. The molecule has 3 heteroatoms. The maximum absolute atomic E-state index is 3.52. The quantitative estimate of drug-likeness (QED) is 0.530. The third kappa shape index (κ3) is 3.43. The average Bonchev–Trinajstić information content (AvgIpc) is 2.23. The minimum Gasteiger partial charge on any atom is -1.00 e. The minimum absolute atomic E-state index is 0. The molecular formula is C12H11Br2N. The Balaban J connectivity index is 0.00000112. The van der Waals surface area contributed by atoms with Crippen molar-refractivity contribution < 1.29 is 21.5 Å². The summed E-state index contributed by atoms with van der Waals surface area (Å²) in [7, 11) is 0. The first kappa shape index (κ1) is 12.4. The van der Waals surface area contributed by atoms with Gasteiger partial charge in [0.05, 0.1) is 0 Å². The van der Waals surface area contributed by atoms with Crippen molar-refractivity contribution in [1.82, 2.24) is 0 Å². The summed E-state index contributed by atoms with van der Waals surface area (Å²) in [6.07, 6.45) is 2.07. The lowest BCUT2D eigenvalue weighted by molar-refractivity contribution is -0.699. The number of pyridine rings is 1. The van der Waals surface area contributed by atoms with Crippen LogP contribution in [0.1, 0.15) is 5.56 Å². The highest BCUT2D eigenvalue weighted by molar-refractivity contribution is 9.10. The van der Waals surface area contributed by atoms with Crippen molar-refractivity contribution in [3.8, 4) is 0 Å². The molecule has 0 amide bonds. The van der Waals surface area contributed by atoms with Crippen LogP contribution in [0.2, 0.25) is 0 Å². The van der Waals surface area contributed by atoms with Crippen LogP contribution in [0.3, 0.4) is 0 Å². The largest absolute Gasteiger partial charge is 1.00 e. The Morgan fingerprint density at radius 3 is 2.27 bits per heavy atom. The SMILES string of the molecule is Brc1cccc[n+]1Cc1ccccc1.[Br-]. The second kappa shape index (κ2) is 6.03. The van der Waals surface area contributed by atoms with Gasteiger partial charge in [-0.15, -0.1) is 0 Å². The van der Waals surface area contributed by atoms with Gasteiger partial charge in [0, 0.05) is 33.6 Å². The topological polar surface area (TPSA) is 3.88 Å². The number of hydrogen-bond donors (Lipinski definition) is 0. The van der Waals surface area contributed by atoms with E-state index >= 15 is 0 Å². The lowest BCUT2D eigenvalue weighted by atomic mass is 10.2. The molecule has 0 saturated carbocycles. The fraction of sp³-hybridized carbons (Fsp3) is 0.0833. The highest BCUT2D eigenvalue weighted by Crippen LogP contribution is 2.03. The number of hydrogen-bond acceptors (Lipinski definition) is 0. The summed E-state index contributed by atoms with van der Waals surface area (Å²) in [6, 6.07) is 16.5. The molecule has 0 spiro atoms. The van der Waals surface area contributed by atoms with E-state index in [0.29, 0.717) is 0 Å². The molecule has 1 heterocycles. The van der Waals surface area contributed by atoms with Crippen LogP contribution in [0.5, 0.6) is 0 Å². The van der Waals surface area contributed by atoms with E-state index in [2.05, 4.69) is 51.0 Å². The van der Waals surface area contributed by atoms with Gasteiger partial charge in [0.15, 0.2) is 12.7 Å². The van der Waals surface area contributed by atoms with Crippen LogP contribution < -0.4 is 21.5 Å².